The Morgan fingerprint density at radius 2 is 1.70 bits per heavy atom. The number of halogens is 3. The molecule has 3 aromatic rings. The molecule has 0 aliphatic heterocycles. The van der Waals surface area contributed by atoms with E-state index in [1.807, 2.05) is 4.57 Å². The molecule has 1 heterocycles. The number of hydrogen-bond donors (Lipinski definition) is 0. The Morgan fingerprint density at radius 3 is 2.40 bits per heavy atom. The summed E-state index contributed by atoms with van der Waals surface area (Å²) in [6.07, 6.45) is 0.551. The summed E-state index contributed by atoms with van der Waals surface area (Å²) >= 11 is 5.79. The quantitative estimate of drug-likeness (QED) is 0.665. The van der Waals surface area contributed by atoms with Gasteiger partial charge in [0, 0.05) is 24.1 Å². The number of imidazole rings is 1. The highest BCUT2D eigenvalue weighted by Gasteiger charge is 2.12. The van der Waals surface area contributed by atoms with Crippen LogP contribution in [0, 0.1) is 11.6 Å². The van der Waals surface area contributed by atoms with Gasteiger partial charge in [-0.3, -0.25) is 4.57 Å². The van der Waals surface area contributed by atoms with Gasteiger partial charge in [-0.05, 0) is 36.4 Å². The van der Waals surface area contributed by atoms with Gasteiger partial charge in [-0.25, -0.2) is 13.8 Å². The SMILES string of the molecule is Fc1ccc(-n2c(CCCl)nc3cc(F)ccc32)cc1. The molecule has 0 aliphatic carbocycles. The minimum absolute atomic E-state index is 0.303. The number of alkyl halides is 1. The Hall–Kier alpha value is -1.94. The van der Waals surface area contributed by atoms with E-state index >= 15 is 0 Å². The summed E-state index contributed by atoms with van der Waals surface area (Å²) in [6.45, 7) is 0. The number of nitrogens with zero attached hydrogens (tertiary/aromatic N) is 2. The predicted octanol–water partition coefficient (Wildman–Crippen LogP) is 4.09. The van der Waals surface area contributed by atoms with Crippen LogP contribution in [0.2, 0.25) is 0 Å². The van der Waals surface area contributed by atoms with Crippen molar-refractivity contribution in [3.63, 3.8) is 0 Å². The Morgan fingerprint density at radius 1 is 1.00 bits per heavy atom. The topological polar surface area (TPSA) is 17.8 Å². The number of rotatable bonds is 3. The minimum atomic E-state index is -0.335. The Kier molecular flexibility index (Phi) is 3.40. The summed E-state index contributed by atoms with van der Waals surface area (Å²) in [5.74, 6) is 0.501. The second kappa shape index (κ2) is 5.21. The third-order valence-corrected chi connectivity index (χ3v) is 3.28. The first kappa shape index (κ1) is 13.1. The van der Waals surface area contributed by atoms with Gasteiger partial charge >= 0.3 is 0 Å². The van der Waals surface area contributed by atoms with E-state index in [-0.39, 0.29) is 11.6 Å². The highest BCUT2D eigenvalue weighted by Crippen LogP contribution is 2.23. The molecule has 0 atom stereocenters. The Bertz CT molecular complexity index is 750. The highest BCUT2D eigenvalue weighted by molar-refractivity contribution is 6.17. The van der Waals surface area contributed by atoms with Crippen LogP contribution in [-0.4, -0.2) is 15.4 Å². The largest absolute Gasteiger partial charge is 0.296 e. The molecule has 1 aromatic heterocycles. The monoisotopic (exact) mass is 292 g/mol. The van der Waals surface area contributed by atoms with Crippen LogP contribution in [0.4, 0.5) is 8.78 Å². The highest BCUT2D eigenvalue weighted by atomic mass is 35.5. The van der Waals surface area contributed by atoms with Crippen LogP contribution in [0.5, 0.6) is 0 Å². The van der Waals surface area contributed by atoms with Crippen molar-refractivity contribution in [2.75, 3.05) is 5.88 Å². The van der Waals surface area contributed by atoms with E-state index in [1.54, 1.807) is 18.2 Å². The van der Waals surface area contributed by atoms with Gasteiger partial charge in [0.05, 0.1) is 11.0 Å². The van der Waals surface area contributed by atoms with Gasteiger partial charge in [0.25, 0.3) is 0 Å². The molecule has 0 saturated heterocycles. The van der Waals surface area contributed by atoms with Crippen molar-refractivity contribution in [3.05, 3.63) is 59.9 Å². The summed E-state index contributed by atoms with van der Waals surface area (Å²) in [7, 11) is 0. The van der Waals surface area contributed by atoms with Gasteiger partial charge < -0.3 is 0 Å². The van der Waals surface area contributed by atoms with Gasteiger partial charge in [-0.2, -0.15) is 0 Å². The van der Waals surface area contributed by atoms with E-state index in [0.29, 0.717) is 17.8 Å². The normalized spacial score (nSPS) is 11.2. The van der Waals surface area contributed by atoms with Crippen LogP contribution in [0.3, 0.4) is 0 Å². The van der Waals surface area contributed by atoms with Crippen LogP contribution in [0.1, 0.15) is 5.82 Å². The first-order valence-corrected chi connectivity index (χ1v) is 6.71. The maximum atomic E-state index is 13.3. The third kappa shape index (κ3) is 2.27. The number of aromatic nitrogens is 2. The fraction of sp³-hybridized carbons (Fsp3) is 0.133. The lowest BCUT2D eigenvalue weighted by atomic mass is 10.2. The molecule has 0 N–H and O–H groups in total. The van der Waals surface area contributed by atoms with Gasteiger partial charge in [0.1, 0.15) is 17.5 Å². The van der Waals surface area contributed by atoms with Gasteiger partial charge in [-0.1, -0.05) is 0 Å². The van der Waals surface area contributed by atoms with Crippen molar-refractivity contribution in [1.82, 2.24) is 9.55 Å². The molecule has 0 unspecified atom stereocenters. The van der Waals surface area contributed by atoms with E-state index in [4.69, 9.17) is 11.6 Å². The van der Waals surface area contributed by atoms with Gasteiger partial charge in [0.15, 0.2) is 0 Å². The average molecular weight is 293 g/mol. The molecular weight excluding hydrogens is 282 g/mol. The fourth-order valence-corrected chi connectivity index (χ4v) is 2.40. The molecule has 0 aliphatic rings. The summed E-state index contributed by atoms with van der Waals surface area (Å²) in [6, 6.07) is 10.5. The number of benzene rings is 2. The molecular formula is C15H11ClF2N2. The molecule has 3 rings (SSSR count). The molecule has 5 heteroatoms. The summed E-state index contributed by atoms with van der Waals surface area (Å²) in [4.78, 5) is 4.41. The zero-order chi connectivity index (χ0) is 14.1. The van der Waals surface area contributed by atoms with Crippen molar-refractivity contribution in [3.8, 4) is 5.69 Å². The maximum absolute atomic E-state index is 13.3. The molecule has 0 spiro atoms. The minimum Gasteiger partial charge on any atom is -0.296 e. The zero-order valence-corrected chi connectivity index (χ0v) is 11.2. The summed E-state index contributed by atoms with van der Waals surface area (Å²) in [5, 5.41) is 0. The van der Waals surface area contributed by atoms with E-state index in [2.05, 4.69) is 4.98 Å². The molecule has 0 saturated carbocycles. The van der Waals surface area contributed by atoms with Crippen molar-refractivity contribution >= 4 is 22.6 Å². The van der Waals surface area contributed by atoms with Crippen LogP contribution in [0.15, 0.2) is 42.5 Å². The van der Waals surface area contributed by atoms with Crippen molar-refractivity contribution < 1.29 is 8.78 Å². The van der Waals surface area contributed by atoms with Crippen molar-refractivity contribution in [1.29, 1.82) is 0 Å². The smallest absolute Gasteiger partial charge is 0.125 e. The third-order valence-electron chi connectivity index (χ3n) is 3.09. The standard InChI is InChI=1S/C15H11ClF2N2/c16-8-7-15-19-13-9-11(18)3-6-14(13)20(15)12-4-1-10(17)2-5-12/h1-6,9H,7-8H2. The van der Waals surface area contributed by atoms with Crippen LogP contribution in [-0.2, 0) is 6.42 Å². The molecule has 0 amide bonds. The van der Waals surface area contributed by atoms with Crippen LogP contribution >= 0.6 is 11.6 Å². The molecule has 0 fully saturated rings. The van der Waals surface area contributed by atoms with E-state index in [9.17, 15) is 8.78 Å². The molecule has 0 bridgehead atoms. The van der Waals surface area contributed by atoms with Crippen molar-refractivity contribution in [2.24, 2.45) is 0 Å². The molecule has 102 valence electrons. The van der Waals surface area contributed by atoms with E-state index < -0.39 is 0 Å². The van der Waals surface area contributed by atoms with E-state index in [1.165, 1.54) is 24.3 Å². The lowest BCUT2D eigenvalue weighted by Crippen LogP contribution is -2.02. The zero-order valence-electron chi connectivity index (χ0n) is 10.5. The predicted molar refractivity (Wildman–Crippen MR) is 75.4 cm³/mol. The summed E-state index contributed by atoms with van der Waals surface area (Å²) < 4.78 is 28.2. The summed E-state index contributed by atoms with van der Waals surface area (Å²) in [5.41, 5.74) is 2.12. The van der Waals surface area contributed by atoms with E-state index in [0.717, 1.165) is 17.0 Å². The average Bonchev–Trinajstić information content (AvgIpc) is 2.77. The number of hydrogen-bond acceptors (Lipinski definition) is 1. The fourth-order valence-electron chi connectivity index (χ4n) is 2.23. The van der Waals surface area contributed by atoms with Gasteiger partial charge in [-0.15, -0.1) is 11.6 Å². The maximum Gasteiger partial charge on any atom is 0.125 e. The lowest BCUT2D eigenvalue weighted by Gasteiger charge is -2.08. The number of fused-ring (bicyclic) bond motifs is 1. The Balaban J connectivity index is 2.25. The lowest BCUT2D eigenvalue weighted by molar-refractivity contribution is 0.627. The first-order valence-electron chi connectivity index (χ1n) is 6.18. The van der Waals surface area contributed by atoms with Gasteiger partial charge in [0.2, 0.25) is 0 Å². The second-order valence-electron chi connectivity index (χ2n) is 4.41. The molecule has 0 radical (unpaired) electrons. The molecule has 20 heavy (non-hydrogen) atoms. The van der Waals surface area contributed by atoms with Crippen molar-refractivity contribution in [2.45, 2.75) is 6.42 Å². The second-order valence-corrected chi connectivity index (χ2v) is 4.79. The first-order chi connectivity index (χ1) is 9.69. The van der Waals surface area contributed by atoms with Crippen LogP contribution < -0.4 is 0 Å². The number of aryl methyl sites for hydroxylation is 1. The molecule has 2 nitrogen and oxygen atoms in total. The molecule has 2 aromatic carbocycles. The van der Waals surface area contributed by atoms with Crippen LogP contribution in [0.25, 0.3) is 16.7 Å². The Labute approximate surface area is 119 Å².